The van der Waals surface area contributed by atoms with Gasteiger partial charge in [-0.2, -0.15) is 0 Å². The molecule has 1 atom stereocenters. The molecule has 1 N–H and O–H groups in total. The third-order valence-electron chi connectivity index (χ3n) is 5.71. The number of nitrogens with zero attached hydrogens (tertiary/aromatic N) is 2. The summed E-state index contributed by atoms with van der Waals surface area (Å²) in [5.74, 6) is 0.835. The van der Waals surface area contributed by atoms with E-state index in [-0.39, 0.29) is 17.5 Å². The number of rotatable bonds is 3. The zero-order valence-electron chi connectivity index (χ0n) is 16.5. The number of hydrogen-bond donors (Lipinski definition) is 1. The molecular weight excluding hydrogens is 358 g/mol. The van der Waals surface area contributed by atoms with Crippen molar-refractivity contribution in [3.05, 3.63) is 22.1 Å². The summed E-state index contributed by atoms with van der Waals surface area (Å²) in [6.45, 7) is 1.84. The Morgan fingerprint density at radius 3 is 2.33 bits per heavy atom. The van der Waals surface area contributed by atoms with Crippen LogP contribution in [0.3, 0.4) is 0 Å². The molecule has 1 aromatic heterocycles. The number of hydrogen-bond acceptors (Lipinski definition) is 4. The van der Waals surface area contributed by atoms with Crippen LogP contribution in [-0.4, -0.2) is 27.3 Å². The van der Waals surface area contributed by atoms with Crippen LogP contribution >= 0.6 is 11.8 Å². The van der Waals surface area contributed by atoms with Gasteiger partial charge in [0.05, 0.1) is 6.04 Å². The van der Waals surface area contributed by atoms with E-state index in [0.717, 1.165) is 29.4 Å². The van der Waals surface area contributed by atoms with Crippen molar-refractivity contribution in [3.63, 3.8) is 0 Å². The standard InChI is InChI=1S/C21H33N3O2S/c1-16-13-20(26)24-18(15-27-21(24)22-16)14-19(25)23-17-11-9-7-5-3-2-4-6-8-10-12-17/h13,17-18H,2-12,14-15H2,1H3,(H,23,25). The second kappa shape index (κ2) is 10.3. The lowest BCUT2D eigenvalue weighted by Gasteiger charge is -2.21. The Morgan fingerprint density at radius 2 is 1.70 bits per heavy atom. The van der Waals surface area contributed by atoms with Crippen molar-refractivity contribution in [2.75, 3.05) is 5.75 Å². The van der Waals surface area contributed by atoms with E-state index in [2.05, 4.69) is 10.3 Å². The molecular formula is C21H33N3O2S. The monoisotopic (exact) mass is 391 g/mol. The van der Waals surface area contributed by atoms with Gasteiger partial charge >= 0.3 is 0 Å². The molecule has 3 rings (SSSR count). The van der Waals surface area contributed by atoms with Gasteiger partial charge in [0, 0.05) is 30.0 Å². The van der Waals surface area contributed by atoms with E-state index in [9.17, 15) is 9.59 Å². The summed E-state index contributed by atoms with van der Waals surface area (Å²) in [6.07, 6.45) is 14.3. The van der Waals surface area contributed by atoms with Crippen molar-refractivity contribution in [2.24, 2.45) is 0 Å². The van der Waals surface area contributed by atoms with Crippen molar-refractivity contribution < 1.29 is 4.79 Å². The molecule has 0 bridgehead atoms. The van der Waals surface area contributed by atoms with Gasteiger partial charge in [-0.15, -0.1) is 0 Å². The quantitative estimate of drug-likeness (QED) is 0.777. The minimum absolute atomic E-state index is 0.0358. The molecule has 1 aliphatic heterocycles. The molecule has 6 heteroatoms. The van der Waals surface area contributed by atoms with E-state index in [1.807, 2.05) is 6.92 Å². The third-order valence-corrected chi connectivity index (χ3v) is 6.81. The first kappa shape index (κ1) is 20.4. The molecule has 1 unspecified atom stereocenters. The average molecular weight is 392 g/mol. The Labute approximate surface area is 166 Å². The highest BCUT2D eigenvalue weighted by molar-refractivity contribution is 7.99. The second-order valence-electron chi connectivity index (χ2n) is 8.08. The maximum Gasteiger partial charge on any atom is 0.254 e. The summed E-state index contributed by atoms with van der Waals surface area (Å²) in [5, 5.41) is 4.03. The average Bonchev–Trinajstić information content (AvgIpc) is 3.00. The topological polar surface area (TPSA) is 64.0 Å². The highest BCUT2D eigenvalue weighted by Crippen LogP contribution is 2.32. The van der Waals surface area contributed by atoms with Crippen LogP contribution in [0.4, 0.5) is 0 Å². The highest BCUT2D eigenvalue weighted by atomic mass is 32.2. The van der Waals surface area contributed by atoms with Gasteiger partial charge < -0.3 is 5.32 Å². The maximum atomic E-state index is 12.7. The van der Waals surface area contributed by atoms with Crippen LogP contribution in [-0.2, 0) is 4.79 Å². The lowest BCUT2D eigenvalue weighted by molar-refractivity contribution is -0.122. The highest BCUT2D eigenvalue weighted by Gasteiger charge is 2.28. The van der Waals surface area contributed by atoms with Crippen LogP contribution in [0.5, 0.6) is 0 Å². The molecule has 0 saturated heterocycles. The lowest BCUT2D eigenvalue weighted by Crippen LogP contribution is -2.37. The van der Waals surface area contributed by atoms with Gasteiger partial charge in [0.1, 0.15) is 0 Å². The number of fused-ring (bicyclic) bond motifs is 1. The molecule has 150 valence electrons. The number of amides is 1. The minimum atomic E-state index is -0.0724. The zero-order chi connectivity index (χ0) is 19.1. The predicted molar refractivity (Wildman–Crippen MR) is 110 cm³/mol. The minimum Gasteiger partial charge on any atom is -0.353 e. The van der Waals surface area contributed by atoms with E-state index in [4.69, 9.17) is 0 Å². The van der Waals surface area contributed by atoms with Crippen molar-refractivity contribution in [3.8, 4) is 0 Å². The summed E-state index contributed by atoms with van der Waals surface area (Å²) in [4.78, 5) is 29.4. The summed E-state index contributed by atoms with van der Waals surface area (Å²) in [7, 11) is 0. The number of thioether (sulfide) groups is 1. The molecule has 0 aromatic carbocycles. The molecule has 2 heterocycles. The van der Waals surface area contributed by atoms with Gasteiger partial charge in [-0.1, -0.05) is 69.5 Å². The van der Waals surface area contributed by atoms with Crippen LogP contribution in [0.15, 0.2) is 16.0 Å². The Bertz CT molecular complexity index is 676. The summed E-state index contributed by atoms with van der Waals surface area (Å²) < 4.78 is 1.71. The molecule has 1 aliphatic carbocycles. The zero-order valence-corrected chi connectivity index (χ0v) is 17.4. The SMILES string of the molecule is Cc1cc(=O)n2c(n1)SCC2CC(=O)NC1CCCCCCCCCCC1. The molecule has 1 saturated carbocycles. The van der Waals surface area contributed by atoms with E-state index in [1.165, 1.54) is 57.8 Å². The molecule has 2 aliphatic rings. The van der Waals surface area contributed by atoms with Crippen LogP contribution in [0.25, 0.3) is 0 Å². The van der Waals surface area contributed by atoms with Gasteiger partial charge in [0.15, 0.2) is 5.16 Å². The van der Waals surface area contributed by atoms with Gasteiger partial charge in [-0.05, 0) is 19.8 Å². The fraction of sp³-hybridized carbons (Fsp3) is 0.762. The fourth-order valence-corrected chi connectivity index (χ4v) is 5.42. The molecule has 0 spiro atoms. The van der Waals surface area contributed by atoms with Crippen LogP contribution in [0.1, 0.15) is 88.8 Å². The van der Waals surface area contributed by atoms with Gasteiger partial charge in [0.25, 0.3) is 5.56 Å². The maximum absolute atomic E-state index is 12.7. The fourth-order valence-electron chi connectivity index (χ4n) is 4.22. The van der Waals surface area contributed by atoms with Gasteiger partial charge in [-0.25, -0.2) is 4.98 Å². The smallest absolute Gasteiger partial charge is 0.254 e. The van der Waals surface area contributed by atoms with Gasteiger partial charge in [-0.3, -0.25) is 14.2 Å². The largest absolute Gasteiger partial charge is 0.353 e. The Hall–Kier alpha value is -1.30. The summed E-state index contributed by atoms with van der Waals surface area (Å²) in [5.41, 5.74) is 0.711. The lowest BCUT2D eigenvalue weighted by atomic mass is 9.97. The second-order valence-corrected chi connectivity index (χ2v) is 9.07. The third kappa shape index (κ3) is 6.09. The first-order chi connectivity index (χ1) is 13.1. The normalized spacial score (nSPS) is 22.5. The van der Waals surface area contributed by atoms with Crippen LogP contribution < -0.4 is 10.9 Å². The van der Waals surface area contributed by atoms with E-state index in [0.29, 0.717) is 12.5 Å². The Morgan fingerprint density at radius 1 is 1.11 bits per heavy atom. The van der Waals surface area contributed by atoms with E-state index >= 15 is 0 Å². The van der Waals surface area contributed by atoms with Crippen molar-refractivity contribution in [1.82, 2.24) is 14.9 Å². The molecule has 0 radical (unpaired) electrons. The summed E-state index contributed by atoms with van der Waals surface area (Å²) >= 11 is 1.58. The van der Waals surface area contributed by atoms with Crippen molar-refractivity contribution in [2.45, 2.75) is 101 Å². The number of aromatic nitrogens is 2. The van der Waals surface area contributed by atoms with Crippen LogP contribution in [0, 0.1) is 6.92 Å². The number of aryl methyl sites for hydroxylation is 1. The van der Waals surface area contributed by atoms with Crippen LogP contribution in [0.2, 0.25) is 0 Å². The summed E-state index contributed by atoms with van der Waals surface area (Å²) in [6, 6.07) is 1.78. The molecule has 1 fully saturated rings. The number of carbonyl (C=O) groups excluding carboxylic acids is 1. The predicted octanol–water partition coefficient (Wildman–Crippen LogP) is 4.38. The van der Waals surface area contributed by atoms with Crippen molar-refractivity contribution in [1.29, 1.82) is 0 Å². The van der Waals surface area contributed by atoms with Gasteiger partial charge in [0.2, 0.25) is 5.91 Å². The Kier molecular flexibility index (Phi) is 7.80. The first-order valence-electron chi connectivity index (χ1n) is 10.7. The van der Waals surface area contributed by atoms with E-state index in [1.54, 1.807) is 22.4 Å². The molecule has 1 aromatic rings. The molecule has 1 amide bonds. The molecule has 27 heavy (non-hydrogen) atoms. The molecule has 5 nitrogen and oxygen atoms in total. The number of carbonyl (C=O) groups is 1. The van der Waals surface area contributed by atoms with E-state index < -0.39 is 0 Å². The Balaban J connectivity index is 1.54. The van der Waals surface area contributed by atoms with Crippen molar-refractivity contribution >= 4 is 17.7 Å². The first-order valence-corrected chi connectivity index (χ1v) is 11.6. The number of nitrogens with one attached hydrogen (secondary N) is 1.